The number of para-hydroxylation sites is 1. The number of hydrogen-bond donors (Lipinski definition) is 4. The number of rotatable bonds is 1. The Kier molecular flexibility index (Phi) is 3.81. The summed E-state index contributed by atoms with van der Waals surface area (Å²) in [5.41, 5.74) is 5.09. The topological polar surface area (TPSA) is 73.9 Å². The molecule has 0 saturated carbocycles. The average molecular weight is 247 g/mol. The lowest BCUT2D eigenvalue weighted by molar-refractivity contribution is 0.632. The number of nitrogens with two attached hydrogens (primary N) is 1. The van der Waals surface area contributed by atoms with Crippen molar-refractivity contribution in [3.05, 3.63) is 29.0 Å². The van der Waals surface area contributed by atoms with Gasteiger partial charge >= 0.3 is 0 Å². The summed E-state index contributed by atoms with van der Waals surface area (Å²) in [6.45, 7) is 0. The number of guanidine groups is 1. The minimum atomic E-state index is -0.532. The van der Waals surface area contributed by atoms with Gasteiger partial charge in [0.05, 0.1) is 10.7 Å². The van der Waals surface area contributed by atoms with Gasteiger partial charge in [-0.1, -0.05) is 17.7 Å². The zero-order chi connectivity index (χ0) is 11.4. The maximum Gasteiger partial charge on any atom is 0.192 e. The fraction of sp³-hybridized carbons (Fsp3) is 0. The first kappa shape index (κ1) is 11.7. The molecule has 0 atom stereocenters. The van der Waals surface area contributed by atoms with Crippen molar-refractivity contribution in [1.29, 1.82) is 5.41 Å². The maximum absolute atomic E-state index is 13.2. The van der Waals surface area contributed by atoms with Crippen molar-refractivity contribution in [3.8, 4) is 0 Å². The van der Waals surface area contributed by atoms with Gasteiger partial charge in [-0.2, -0.15) is 0 Å². The van der Waals surface area contributed by atoms with E-state index in [9.17, 15) is 4.39 Å². The molecule has 80 valence electrons. The first-order chi connectivity index (χ1) is 7.00. The van der Waals surface area contributed by atoms with Gasteiger partial charge in [-0.05, 0) is 24.4 Å². The van der Waals surface area contributed by atoms with Crippen molar-refractivity contribution in [2.75, 3.05) is 5.32 Å². The molecule has 0 heterocycles. The average Bonchev–Trinajstić information content (AvgIpc) is 2.10. The Morgan fingerprint density at radius 2 is 2.20 bits per heavy atom. The van der Waals surface area contributed by atoms with Gasteiger partial charge < -0.3 is 16.4 Å². The van der Waals surface area contributed by atoms with Crippen molar-refractivity contribution in [1.82, 2.24) is 5.32 Å². The third-order valence-electron chi connectivity index (χ3n) is 1.45. The molecule has 0 aliphatic heterocycles. The lowest BCUT2D eigenvalue weighted by Crippen LogP contribution is -2.38. The molecule has 1 rings (SSSR count). The molecule has 0 bridgehead atoms. The summed E-state index contributed by atoms with van der Waals surface area (Å²) in [4.78, 5) is 0. The summed E-state index contributed by atoms with van der Waals surface area (Å²) in [6.07, 6.45) is 0. The van der Waals surface area contributed by atoms with Crippen LogP contribution >= 0.6 is 23.8 Å². The van der Waals surface area contributed by atoms with E-state index in [1.54, 1.807) is 0 Å². The standard InChI is InChI=1S/C8H8ClFN4S/c9-4-2-1-3-5(10)6(4)13-8(15)14-7(11)12/h1-3H,(H5,11,12,13,14,15). The number of thiocarbonyl (C=S) groups is 1. The molecule has 0 aliphatic rings. The van der Waals surface area contributed by atoms with Gasteiger partial charge in [0, 0.05) is 0 Å². The van der Waals surface area contributed by atoms with Crippen LogP contribution in [0.3, 0.4) is 0 Å². The monoisotopic (exact) mass is 246 g/mol. The highest BCUT2D eigenvalue weighted by atomic mass is 35.5. The number of nitrogens with one attached hydrogen (secondary N) is 3. The minimum absolute atomic E-state index is 0.00880. The van der Waals surface area contributed by atoms with Crippen LogP contribution in [0, 0.1) is 11.2 Å². The molecule has 1 aromatic rings. The van der Waals surface area contributed by atoms with Crippen molar-refractivity contribution < 1.29 is 4.39 Å². The summed E-state index contributed by atoms with van der Waals surface area (Å²) < 4.78 is 13.2. The number of benzene rings is 1. The molecule has 5 N–H and O–H groups in total. The number of anilines is 1. The largest absolute Gasteiger partial charge is 0.370 e. The van der Waals surface area contributed by atoms with Gasteiger partial charge in [0.1, 0.15) is 5.82 Å². The molecule has 0 aliphatic carbocycles. The van der Waals surface area contributed by atoms with E-state index in [0.29, 0.717) is 0 Å². The number of hydrogen-bond acceptors (Lipinski definition) is 2. The van der Waals surface area contributed by atoms with Crippen LogP contribution in [0.2, 0.25) is 5.02 Å². The second-order valence-electron chi connectivity index (χ2n) is 2.59. The minimum Gasteiger partial charge on any atom is -0.370 e. The second-order valence-corrected chi connectivity index (χ2v) is 3.40. The Labute approximate surface area is 96.1 Å². The van der Waals surface area contributed by atoms with Crippen LogP contribution in [0.4, 0.5) is 10.1 Å². The van der Waals surface area contributed by atoms with Gasteiger partial charge in [-0.15, -0.1) is 0 Å². The normalized spacial score (nSPS) is 9.47. The molecule has 0 saturated heterocycles. The van der Waals surface area contributed by atoms with E-state index >= 15 is 0 Å². The van der Waals surface area contributed by atoms with Gasteiger partial charge in [0.15, 0.2) is 11.1 Å². The van der Waals surface area contributed by atoms with E-state index in [1.807, 2.05) is 0 Å². The molecule has 0 amide bonds. The van der Waals surface area contributed by atoms with Gasteiger partial charge in [-0.25, -0.2) is 4.39 Å². The quantitative estimate of drug-likeness (QED) is 0.345. The van der Waals surface area contributed by atoms with Crippen molar-refractivity contribution >= 4 is 40.6 Å². The molecule has 7 heteroatoms. The highest BCUT2D eigenvalue weighted by molar-refractivity contribution is 7.80. The lowest BCUT2D eigenvalue weighted by atomic mass is 10.3. The fourth-order valence-electron chi connectivity index (χ4n) is 0.884. The van der Waals surface area contributed by atoms with Crippen LogP contribution < -0.4 is 16.4 Å². The molecular formula is C8H8ClFN4S. The Morgan fingerprint density at radius 3 is 2.73 bits per heavy atom. The Balaban J connectivity index is 2.80. The Hall–Kier alpha value is -1.40. The molecule has 4 nitrogen and oxygen atoms in total. The number of halogens is 2. The highest BCUT2D eigenvalue weighted by Gasteiger charge is 2.08. The van der Waals surface area contributed by atoms with Crippen LogP contribution in [-0.2, 0) is 0 Å². The van der Waals surface area contributed by atoms with Gasteiger partial charge in [0.2, 0.25) is 0 Å². The lowest BCUT2D eigenvalue weighted by Gasteiger charge is -2.10. The molecule has 15 heavy (non-hydrogen) atoms. The SMILES string of the molecule is N=C(N)NC(=S)Nc1c(F)cccc1Cl. The van der Waals surface area contributed by atoms with Gasteiger partial charge in [-0.3, -0.25) is 5.41 Å². The van der Waals surface area contributed by atoms with Crippen molar-refractivity contribution in [2.45, 2.75) is 0 Å². The van der Waals surface area contributed by atoms with E-state index in [2.05, 4.69) is 10.6 Å². The molecule has 0 unspecified atom stereocenters. The Morgan fingerprint density at radius 1 is 1.53 bits per heavy atom. The van der Waals surface area contributed by atoms with Crippen LogP contribution in [0.1, 0.15) is 0 Å². The second kappa shape index (κ2) is 4.90. The summed E-state index contributed by atoms with van der Waals surface area (Å²) in [6, 6.07) is 4.23. The molecule has 0 fully saturated rings. The van der Waals surface area contributed by atoms with E-state index < -0.39 is 5.82 Å². The molecular weight excluding hydrogens is 239 g/mol. The van der Waals surface area contributed by atoms with Gasteiger partial charge in [0.25, 0.3) is 0 Å². The summed E-state index contributed by atoms with van der Waals surface area (Å²) in [5.74, 6) is -0.866. The summed E-state index contributed by atoms with van der Waals surface area (Å²) in [5, 5.41) is 11.9. The predicted molar refractivity (Wildman–Crippen MR) is 62.7 cm³/mol. The third-order valence-corrected chi connectivity index (χ3v) is 1.97. The predicted octanol–water partition coefficient (Wildman–Crippen LogP) is 1.66. The zero-order valence-corrected chi connectivity index (χ0v) is 9.05. The van der Waals surface area contributed by atoms with E-state index in [1.165, 1.54) is 18.2 Å². The molecule has 0 radical (unpaired) electrons. The first-order valence-electron chi connectivity index (χ1n) is 3.86. The van der Waals surface area contributed by atoms with E-state index in [0.717, 1.165) is 0 Å². The maximum atomic E-state index is 13.2. The smallest absolute Gasteiger partial charge is 0.192 e. The van der Waals surface area contributed by atoms with E-state index in [-0.39, 0.29) is 21.8 Å². The molecule has 1 aromatic carbocycles. The van der Waals surface area contributed by atoms with E-state index in [4.69, 9.17) is 35.0 Å². The van der Waals surface area contributed by atoms with Crippen molar-refractivity contribution in [3.63, 3.8) is 0 Å². The summed E-state index contributed by atoms with van der Waals surface area (Å²) >= 11 is 10.5. The third kappa shape index (κ3) is 3.34. The molecule has 0 spiro atoms. The highest BCUT2D eigenvalue weighted by Crippen LogP contribution is 2.24. The van der Waals surface area contributed by atoms with Crippen LogP contribution in [0.15, 0.2) is 18.2 Å². The van der Waals surface area contributed by atoms with Crippen LogP contribution in [-0.4, -0.2) is 11.1 Å². The molecule has 0 aromatic heterocycles. The fourth-order valence-corrected chi connectivity index (χ4v) is 1.31. The zero-order valence-electron chi connectivity index (χ0n) is 7.47. The first-order valence-corrected chi connectivity index (χ1v) is 4.65. The van der Waals surface area contributed by atoms with Crippen LogP contribution in [0.5, 0.6) is 0 Å². The summed E-state index contributed by atoms with van der Waals surface area (Å²) in [7, 11) is 0. The van der Waals surface area contributed by atoms with Crippen LogP contribution in [0.25, 0.3) is 0 Å². The van der Waals surface area contributed by atoms with Crippen molar-refractivity contribution in [2.24, 2.45) is 5.73 Å². The Bertz CT molecular complexity index is 389.